The number of hydrogen-bond acceptors (Lipinski definition) is 6. The van der Waals surface area contributed by atoms with Crippen molar-refractivity contribution in [3.05, 3.63) is 0 Å². The number of carbonyl (C=O) groups excluding carboxylic acids is 1. The fraction of sp³-hybridized carbons (Fsp3) is 0.974. The summed E-state index contributed by atoms with van der Waals surface area (Å²) in [6.45, 7) is 5.30. The number of quaternary nitrogens is 1. The van der Waals surface area contributed by atoms with Gasteiger partial charge in [-0.15, -0.1) is 0 Å². The van der Waals surface area contributed by atoms with Crippen molar-refractivity contribution in [2.24, 2.45) is 0 Å². The van der Waals surface area contributed by atoms with Crippen LogP contribution in [0.4, 0.5) is 0 Å². The number of hydrogen-bond donors (Lipinski definition) is 1. The van der Waals surface area contributed by atoms with Gasteiger partial charge in [-0.05, 0) is 12.8 Å². The fourth-order valence-electron chi connectivity index (χ4n) is 5.77. The van der Waals surface area contributed by atoms with Crippen molar-refractivity contribution in [3.8, 4) is 0 Å². The predicted octanol–water partition coefficient (Wildman–Crippen LogP) is 11.3. The molecule has 9 heteroatoms. The zero-order chi connectivity index (χ0) is 35.6. The Hall–Kier alpha value is -0.500. The molecule has 0 aliphatic rings. The lowest BCUT2D eigenvalue weighted by molar-refractivity contribution is -0.870. The number of phosphoric ester groups is 1. The molecule has 0 saturated heterocycles. The molecule has 1 N–H and O–H groups in total. The van der Waals surface area contributed by atoms with Gasteiger partial charge in [0.25, 0.3) is 0 Å². The standard InChI is InChI=1S/C39H80NO7P/c1-6-8-9-10-11-12-13-14-15-16-17-18-19-20-21-22-23-24-25-26-27-28-29-30-31-34-44-36-38(47-39(41)32-7-2)37-46-48(42,43)45-35-33-40(3,4)5/h38H,6-37H2,1-5H3/p+1. The number of likely N-dealkylation sites (N-methyl/N-ethyl adjacent to an activating group) is 1. The van der Waals surface area contributed by atoms with Crippen molar-refractivity contribution in [3.63, 3.8) is 0 Å². The number of ether oxygens (including phenoxy) is 2. The summed E-state index contributed by atoms with van der Waals surface area (Å²) in [5.41, 5.74) is 0. The average Bonchev–Trinajstić information content (AvgIpc) is 3.02. The molecule has 0 radical (unpaired) electrons. The van der Waals surface area contributed by atoms with Gasteiger partial charge in [0.2, 0.25) is 0 Å². The SMILES string of the molecule is CCCCCCCCCCCCCCCCCCCCCCCCCCCOCC(COP(=O)(O)OCC[N+](C)(C)C)OC(=O)CCC. The highest BCUT2D eigenvalue weighted by molar-refractivity contribution is 7.47. The number of carbonyl (C=O) groups is 1. The number of esters is 1. The van der Waals surface area contributed by atoms with Crippen LogP contribution in [0.3, 0.4) is 0 Å². The van der Waals surface area contributed by atoms with E-state index >= 15 is 0 Å². The molecule has 0 aliphatic heterocycles. The fourth-order valence-corrected chi connectivity index (χ4v) is 6.51. The highest BCUT2D eigenvalue weighted by atomic mass is 31.2. The van der Waals surface area contributed by atoms with Gasteiger partial charge < -0.3 is 18.9 Å². The zero-order valence-corrected chi connectivity index (χ0v) is 33.4. The van der Waals surface area contributed by atoms with Crippen LogP contribution in [0, 0.1) is 0 Å². The molecule has 0 amide bonds. The van der Waals surface area contributed by atoms with Crippen LogP contribution < -0.4 is 0 Å². The van der Waals surface area contributed by atoms with Crippen molar-refractivity contribution in [2.75, 3.05) is 54.1 Å². The van der Waals surface area contributed by atoms with Crippen LogP contribution in [0.5, 0.6) is 0 Å². The Morgan fingerprint density at radius 2 is 0.958 bits per heavy atom. The number of nitrogens with zero attached hydrogens (tertiary/aromatic N) is 1. The minimum atomic E-state index is -4.23. The summed E-state index contributed by atoms with van der Waals surface area (Å²) in [5.74, 6) is -0.363. The van der Waals surface area contributed by atoms with Crippen LogP contribution in [-0.2, 0) is 27.9 Å². The van der Waals surface area contributed by atoms with E-state index in [2.05, 4.69) is 6.92 Å². The highest BCUT2D eigenvalue weighted by Crippen LogP contribution is 2.43. The van der Waals surface area contributed by atoms with E-state index in [1.165, 1.54) is 148 Å². The van der Waals surface area contributed by atoms with E-state index in [9.17, 15) is 14.3 Å². The maximum Gasteiger partial charge on any atom is 0.472 e. The Bertz CT molecular complexity index is 746. The van der Waals surface area contributed by atoms with Gasteiger partial charge in [0, 0.05) is 13.0 Å². The van der Waals surface area contributed by atoms with Crippen LogP contribution in [-0.4, -0.2) is 75.6 Å². The molecule has 8 nitrogen and oxygen atoms in total. The Morgan fingerprint density at radius 3 is 1.33 bits per heavy atom. The molecule has 48 heavy (non-hydrogen) atoms. The van der Waals surface area contributed by atoms with Gasteiger partial charge in [-0.2, -0.15) is 0 Å². The minimum absolute atomic E-state index is 0.0909. The molecule has 0 rings (SSSR count). The molecule has 0 aliphatic carbocycles. The molecular weight excluding hydrogens is 625 g/mol. The number of unbranched alkanes of at least 4 members (excludes halogenated alkanes) is 24. The van der Waals surface area contributed by atoms with Gasteiger partial charge in [-0.3, -0.25) is 13.8 Å². The van der Waals surface area contributed by atoms with Crippen molar-refractivity contribution in [1.29, 1.82) is 0 Å². The molecule has 0 aromatic heterocycles. The summed E-state index contributed by atoms with van der Waals surface area (Å²) in [5, 5.41) is 0. The molecule has 0 aromatic carbocycles. The number of phosphoric acid groups is 1. The summed E-state index contributed by atoms with van der Waals surface area (Å²) in [4.78, 5) is 22.0. The molecule has 0 heterocycles. The van der Waals surface area contributed by atoms with E-state index in [1.54, 1.807) is 0 Å². The summed E-state index contributed by atoms with van der Waals surface area (Å²) in [6.07, 6.45) is 34.5. The quantitative estimate of drug-likeness (QED) is 0.0296. The van der Waals surface area contributed by atoms with Crippen molar-refractivity contribution >= 4 is 13.8 Å². The molecule has 0 saturated carbocycles. The Kier molecular flexibility index (Phi) is 33.3. The second-order valence-corrected chi connectivity index (χ2v) is 16.5. The first-order chi connectivity index (χ1) is 23.1. The first-order valence-corrected chi connectivity index (χ1v) is 21.8. The molecule has 0 aromatic rings. The largest absolute Gasteiger partial charge is 0.472 e. The summed E-state index contributed by atoms with van der Waals surface area (Å²) in [7, 11) is 1.67. The van der Waals surface area contributed by atoms with E-state index < -0.39 is 13.9 Å². The molecule has 2 unspecified atom stereocenters. The Labute approximate surface area is 298 Å². The van der Waals surface area contributed by atoms with E-state index in [1.807, 2.05) is 28.1 Å². The minimum Gasteiger partial charge on any atom is -0.457 e. The lowest BCUT2D eigenvalue weighted by Crippen LogP contribution is -2.37. The third-order valence-electron chi connectivity index (χ3n) is 8.89. The van der Waals surface area contributed by atoms with Crippen LogP contribution >= 0.6 is 7.82 Å². The normalized spacial score (nSPS) is 13.9. The van der Waals surface area contributed by atoms with Gasteiger partial charge in [-0.1, -0.05) is 168 Å². The predicted molar refractivity (Wildman–Crippen MR) is 201 cm³/mol. The molecule has 0 bridgehead atoms. The third-order valence-corrected chi connectivity index (χ3v) is 9.87. The van der Waals surface area contributed by atoms with E-state index in [-0.39, 0.29) is 32.2 Å². The van der Waals surface area contributed by atoms with Gasteiger partial charge in [0.15, 0.2) is 0 Å². The maximum atomic E-state index is 12.2. The van der Waals surface area contributed by atoms with Crippen LogP contribution in [0.15, 0.2) is 0 Å². The zero-order valence-electron chi connectivity index (χ0n) is 32.5. The molecule has 0 spiro atoms. The van der Waals surface area contributed by atoms with Crippen molar-refractivity contribution in [1.82, 2.24) is 0 Å². The monoisotopic (exact) mass is 707 g/mol. The lowest BCUT2D eigenvalue weighted by Gasteiger charge is -2.24. The second kappa shape index (κ2) is 33.6. The topological polar surface area (TPSA) is 91.3 Å². The summed E-state index contributed by atoms with van der Waals surface area (Å²) < 4.78 is 34.2. The van der Waals surface area contributed by atoms with Gasteiger partial charge in [0.05, 0.1) is 34.4 Å². The van der Waals surface area contributed by atoms with Crippen molar-refractivity contribution < 1.29 is 37.3 Å². The second-order valence-electron chi connectivity index (χ2n) is 15.0. The Morgan fingerprint density at radius 1 is 0.562 bits per heavy atom. The van der Waals surface area contributed by atoms with Gasteiger partial charge in [-0.25, -0.2) is 4.57 Å². The van der Waals surface area contributed by atoms with Crippen LogP contribution in [0.25, 0.3) is 0 Å². The van der Waals surface area contributed by atoms with E-state index in [0.29, 0.717) is 24.1 Å². The summed E-state index contributed by atoms with van der Waals surface area (Å²) in [6, 6.07) is 0. The Balaban J connectivity index is 3.63. The van der Waals surface area contributed by atoms with Gasteiger partial charge >= 0.3 is 13.8 Å². The first-order valence-electron chi connectivity index (χ1n) is 20.3. The van der Waals surface area contributed by atoms with E-state index in [4.69, 9.17) is 18.5 Å². The highest BCUT2D eigenvalue weighted by Gasteiger charge is 2.26. The maximum absolute atomic E-state index is 12.2. The van der Waals surface area contributed by atoms with Crippen molar-refractivity contribution in [2.45, 2.75) is 193 Å². The first kappa shape index (κ1) is 47.5. The number of rotatable bonds is 38. The third kappa shape index (κ3) is 36.8. The molecular formula is C39H81NO7P+. The smallest absolute Gasteiger partial charge is 0.457 e. The molecule has 2 atom stereocenters. The molecule has 0 fully saturated rings. The van der Waals surface area contributed by atoms with Gasteiger partial charge in [0.1, 0.15) is 19.3 Å². The average molecular weight is 707 g/mol. The lowest BCUT2D eigenvalue weighted by atomic mass is 10.0. The summed E-state index contributed by atoms with van der Waals surface area (Å²) >= 11 is 0. The molecule has 288 valence electrons. The van der Waals surface area contributed by atoms with Crippen LogP contribution in [0.1, 0.15) is 187 Å². The van der Waals surface area contributed by atoms with E-state index in [0.717, 1.165) is 12.8 Å². The van der Waals surface area contributed by atoms with Crippen LogP contribution in [0.2, 0.25) is 0 Å².